The predicted octanol–water partition coefficient (Wildman–Crippen LogP) is 0.760. The number of hydrogen-bond donors (Lipinski definition) is 4. The first kappa shape index (κ1) is 10.1. The maximum Gasteiger partial charge on any atom is 0.204 e. The van der Waals surface area contributed by atoms with E-state index in [1.165, 1.54) is 11.9 Å². The van der Waals surface area contributed by atoms with Gasteiger partial charge in [-0.25, -0.2) is 0 Å². The van der Waals surface area contributed by atoms with Crippen LogP contribution in [0.3, 0.4) is 0 Å². The largest absolute Gasteiger partial charge is 0.446 e. The molecule has 0 spiro atoms. The predicted molar refractivity (Wildman–Crippen MR) is 54.5 cm³/mol. The molecule has 0 aliphatic carbocycles. The van der Waals surface area contributed by atoms with E-state index in [0.717, 1.165) is 5.76 Å². The molecular formula is C8H13N5O. The number of nitrogens with one attached hydrogen (secondary N) is 3. The lowest BCUT2D eigenvalue weighted by Crippen LogP contribution is -2.41. The highest BCUT2D eigenvalue weighted by Gasteiger charge is 2.08. The second-order valence-electron chi connectivity index (χ2n) is 2.83. The van der Waals surface area contributed by atoms with Crippen molar-refractivity contribution in [3.8, 4) is 0 Å². The highest BCUT2D eigenvalue weighted by atomic mass is 16.4. The summed E-state index contributed by atoms with van der Waals surface area (Å²) in [4.78, 5) is 1.19. The van der Waals surface area contributed by atoms with Gasteiger partial charge < -0.3 is 10.2 Å². The van der Waals surface area contributed by atoms with Crippen molar-refractivity contribution in [3.05, 3.63) is 17.9 Å². The van der Waals surface area contributed by atoms with E-state index in [0.29, 0.717) is 5.88 Å². The zero-order valence-electron chi connectivity index (χ0n) is 8.09. The molecule has 0 bridgehead atoms. The quantitative estimate of drug-likeness (QED) is 0.392. The third-order valence-corrected chi connectivity index (χ3v) is 1.68. The molecule has 76 valence electrons. The maximum absolute atomic E-state index is 7.51. The second kappa shape index (κ2) is 3.82. The summed E-state index contributed by atoms with van der Waals surface area (Å²) in [6, 6.07) is 3.49. The average molecular weight is 195 g/mol. The van der Waals surface area contributed by atoms with Gasteiger partial charge in [0.05, 0.1) is 0 Å². The fourth-order valence-electron chi connectivity index (χ4n) is 0.823. The van der Waals surface area contributed by atoms with Crippen LogP contribution in [0.4, 0.5) is 5.88 Å². The summed E-state index contributed by atoms with van der Waals surface area (Å²) < 4.78 is 5.19. The summed E-state index contributed by atoms with van der Waals surface area (Å²) in [5.74, 6) is 1.00. The average Bonchev–Trinajstić information content (AvgIpc) is 2.49. The summed E-state index contributed by atoms with van der Waals surface area (Å²) in [7, 11) is 1.52. The number of nitrogens with two attached hydrogens (primary N) is 1. The van der Waals surface area contributed by atoms with Crippen molar-refractivity contribution in [2.75, 3.05) is 12.4 Å². The Morgan fingerprint density at radius 1 is 1.50 bits per heavy atom. The smallest absolute Gasteiger partial charge is 0.204 e. The molecule has 1 aromatic rings. The highest BCUT2D eigenvalue weighted by molar-refractivity contribution is 6.01. The van der Waals surface area contributed by atoms with Crippen molar-refractivity contribution < 1.29 is 4.42 Å². The van der Waals surface area contributed by atoms with Crippen LogP contribution in [-0.4, -0.2) is 23.9 Å². The molecule has 0 atom stereocenters. The van der Waals surface area contributed by atoms with Crippen LogP contribution in [0.15, 0.2) is 16.5 Å². The normalized spacial score (nSPS) is 9.57. The van der Waals surface area contributed by atoms with Crippen molar-refractivity contribution in [1.82, 2.24) is 4.90 Å². The van der Waals surface area contributed by atoms with Gasteiger partial charge >= 0.3 is 0 Å². The zero-order chi connectivity index (χ0) is 10.7. The van der Waals surface area contributed by atoms with Gasteiger partial charge in [0.1, 0.15) is 5.76 Å². The van der Waals surface area contributed by atoms with Gasteiger partial charge in [0.15, 0.2) is 11.8 Å². The number of anilines is 1. The number of hydrogen-bond acceptors (Lipinski definition) is 3. The van der Waals surface area contributed by atoms with Gasteiger partial charge in [0.2, 0.25) is 5.96 Å². The van der Waals surface area contributed by atoms with Crippen molar-refractivity contribution in [2.45, 2.75) is 6.92 Å². The van der Waals surface area contributed by atoms with Crippen LogP contribution in [-0.2, 0) is 0 Å². The molecule has 0 saturated heterocycles. The van der Waals surface area contributed by atoms with E-state index >= 15 is 0 Å². The molecule has 0 aliphatic rings. The Morgan fingerprint density at radius 2 is 2.14 bits per heavy atom. The third kappa shape index (κ3) is 2.25. The van der Waals surface area contributed by atoms with E-state index < -0.39 is 0 Å². The number of guanidine groups is 2. The molecule has 0 unspecified atom stereocenters. The Hall–Kier alpha value is -1.98. The molecule has 14 heavy (non-hydrogen) atoms. The first-order valence-corrected chi connectivity index (χ1v) is 4.00. The minimum Gasteiger partial charge on any atom is -0.446 e. The Balaban J connectivity index is 2.61. The third-order valence-electron chi connectivity index (χ3n) is 1.68. The molecule has 6 heteroatoms. The van der Waals surface area contributed by atoms with Crippen LogP contribution < -0.4 is 11.1 Å². The summed E-state index contributed by atoms with van der Waals surface area (Å²) in [5, 5.41) is 17.3. The number of aryl methyl sites for hydroxylation is 1. The summed E-state index contributed by atoms with van der Waals surface area (Å²) in [6.45, 7) is 1.81. The lowest BCUT2D eigenvalue weighted by molar-refractivity contribution is 0.549. The van der Waals surface area contributed by atoms with Crippen molar-refractivity contribution in [2.24, 2.45) is 5.73 Å². The van der Waals surface area contributed by atoms with Gasteiger partial charge in [-0.2, -0.15) is 0 Å². The fourth-order valence-corrected chi connectivity index (χ4v) is 0.823. The van der Waals surface area contributed by atoms with E-state index in [4.69, 9.17) is 21.0 Å². The molecule has 0 fully saturated rings. The standard InChI is InChI=1S/C8H13N5O/c1-5-3-4-6(14-5)12-8(11)13(2)7(9)10/h3-4H,1-2H3,(H3,9,10)(H2,11,12). The summed E-state index contributed by atoms with van der Waals surface area (Å²) in [6.07, 6.45) is 0. The van der Waals surface area contributed by atoms with Crippen LogP contribution in [0.2, 0.25) is 0 Å². The number of nitrogens with zero attached hydrogens (tertiary/aromatic N) is 1. The van der Waals surface area contributed by atoms with E-state index in [2.05, 4.69) is 5.32 Å². The second-order valence-corrected chi connectivity index (χ2v) is 2.83. The summed E-state index contributed by atoms with van der Waals surface area (Å²) in [5.41, 5.74) is 5.19. The van der Waals surface area contributed by atoms with E-state index in [1.807, 2.05) is 6.92 Å². The van der Waals surface area contributed by atoms with Gasteiger partial charge in [-0.3, -0.25) is 21.0 Å². The van der Waals surface area contributed by atoms with Crippen molar-refractivity contribution in [3.63, 3.8) is 0 Å². The van der Waals surface area contributed by atoms with Gasteiger partial charge in [0.25, 0.3) is 0 Å². The van der Waals surface area contributed by atoms with Gasteiger partial charge in [-0.05, 0) is 13.0 Å². The summed E-state index contributed by atoms with van der Waals surface area (Å²) >= 11 is 0. The first-order valence-electron chi connectivity index (χ1n) is 4.00. The van der Waals surface area contributed by atoms with E-state index in [9.17, 15) is 0 Å². The molecule has 0 aromatic carbocycles. The molecule has 5 N–H and O–H groups in total. The van der Waals surface area contributed by atoms with Crippen LogP contribution in [0.5, 0.6) is 0 Å². The van der Waals surface area contributed by atoms with Gasteiger partial charge in [-0.15, -0.1) is 0 Å². The Morgan fingerprint density at radius 3 is 2.57 bits per heavy atom. The lowest BCUT2D eigenvalue weighted by Gasteiger charge is -2.17. The SMILES string of the molecule is Cc1ccc(NC(=N)N(C)C(=N)N)o1. The maximum atomic E-state index is 7.51. The minimum atomic E-state index is -0.203. The molecule has 0 radical (unpaired) electrons. The van der Waals surface area contributed by atoms with Crippen LogP contribution in [0.25, 0.3) is 0 Å². The zero-order valence-corrected chi connectivity index (χ0v) is 8.09. The first-order chi connectivity index (χ1) is 6.50. The van der Waals surface area contributed by atoms with Crippen molar-refractivity contribution >= 4 is 17.8 Å². The number of furan rings is 1. The van der Waals surface area contributed by atoms with Gasteiger partial charge in [0, 0.05) is 13.1 Å². The van der Waals surface area contributed by atoms with Crippen molar-refractivity contribution in [1.29, 1.82) is 10.8 Å². The topological polar surface area (TPSA) is 102 Å². The van der Waals surface area contributed by atoms with Gasteiger partial charge in [-0.1, -0.05) is 0 Å². The molecule has 0 amide bonds. The fraction of sp³-hybridized carbons (Fsp3) is 0.250. The molecule has 1 heterocycles. The lowest BCUT2D eigenvalue weighted by atomic mass is 10.5. The highest BCUT2D eigenvalue weighted by Crippen LogP contribution is 2.11. The number of rotatable bonds is 1. The van der Waals surface area contributed by atoms with E-state index in [1.54, 1.807) is 12.1 Å². The molecule has 1 rings (SSSR count). The van der Waals surface area contributed by atoms with Crippen LogP contribution in [0.1, 0.15) is 5.76 Å². The minimum absolute atomic E-state index is 0.00755. The molecule has 0 saturated carbocycles. The molecular weight excluding hydrogens is 182 g/mol. The molecule has 1 aromatic heterocycles. The Labute approximate surface area is 81.7 Å². The molecule has 6 nitrogen and oxygen atoms in total. The Kier molecular flexibility index (Phi) is 2.76. The Bertz CT molecular complexity index is 356. The van der Waals surface area contributed by atoms with Crippen LogP contribution in [0, 0.1) is 17.7 Å². The molecule has 0 aliphatic heterocycles. The monoisotopic (exact) mass is 195 g/mol. The van der Waals surface area contributed by atoms with E-state index in [-0.39, 0.29) is 11.9 Å². The van der Waals surface area contributed by atoms with Crippen LogP contribution >= 0.6 is 0 Å².